The van der Waals surface area contributed by atoms with Crippen molar-refractivity contribution in [2.24, 2.45) is 17.6 Å². The third-order valence-corrected chi connectivity index (χ3v) is 4.54. The van der Waals surface area contributed by atoms with Gasteiger partial charge in [0.05, 0.1) is 12.0 Å². The Kier molecular flexibility index (Phi) is 3.87. The molecular weight excluding hydrogens is 210 g/mol. The van der Waals surface area contributed by atoms with E-state index in [1.165, 1.54) is 25.0 Å². The highest BCUT2D eigenvalue weighted by molar-refractivity contribution is 5.07. The molecule has 0 spiro atoms. The minimum atomic E-state index is 0.127. The van der Waals surface area contributed by atoms with Crippen molar-refractivity contribution < 1.29 is 0 Å². The van der Waals surface area contributed by atoms with Crippen molar-refractivity contribution in [1.82, 2.24) is 9.55 Å². The second-order valence-electron chi connectivity index (χ2n) is 5.58. The molecule has 2 N–H and O–H groups in total. The average Bonchev–Trinajstić information content (AvgIpc) is 2.80. The highest BCUT2D eigenvalue weighted by Gasteiger charge is 2.29. The van der Waals surface area contributed by atoms with Crippen LogP contribution in [0.15, 0.2) is 12.5 Å². The minimum Gasteiger partial charge on any atom is -0.330 e. The van der Waals surface area contributed by atoms with Crippen LogP contribution in [0.5, 0.6) is 0 Å². The summed E-state index contributed by atoms with van der Waals surface area (Å²) < 4.78 is 2.34. The van der Waals surface area contributed by atoms with E-state index in [4.69, 9.17) is 5.73 Å². The molecule has 0 saturated heterocycles. The van der Waals surface area contributed by atoms with Gasteiger partial charge in [0.2, 0.25) is 0 Å². The van der Waals surface area contributed by atoms with Crippen LogP contribution in [-0.4, -0.2) is 9.55 Å². The van der Waals surface area contributed by atoms with Crippen molar-refractivity contribution in [2.75, 3.05) is 0 Å². The molecule has 0 bridgehead atoms. The number of imidazole rings is 1. The molecule has 1 saturated carbocycles. The van der Waals surface area contributed by atoms with Crippen molar-refractivity contribution in [2.45, 2.75) is 58.5 Å². The van der Waals surface area contributed by atoms with Crippen LogP contribution < -0.4 is 5.73 Å². The molecule has 17 heavy (non-hydrogen) atoms. The fourth-order valence-corrected chi connectivity index (χ4v) is 3.03. The fraction of sp³-hybridized carbons (Fsp3) is 0.786. The van der Waals surface area contributed by atoms with E-state index in [1.54, 1.807) is 0 Å². The maximum atomic E-state index is 6.17. The summed E-state index contributed by atoms with van der Waals surface area (Å²) >= 11 is 0. The third-order valence-electron chi connectivity index (χ3n) is 4.54. The molecule has 0 aliphatic heterocycles. The molecule has 0 radical (unpaired) electrons. The van der Waals surface area contributed by atoms with Gasteiger partial charge in [-0.25, -0.2) is 4.98 Å². The SMILES string of the molecule is CC[C@@H](N)c1cncn1C1CCCC(C)C1C. The van der Waals surface area contributed by atoms with Crippen LogP contribution in [0.2, 0.25) is 0 Å². The first kappa shape index (κ1) is 12.6. The van der Waals surface area contributed by atoms with E-state index in [-0.39, 0.29) is 6.04 Å². The maximum Gasteiger partial charge on any atom is 0.0951 e. The second-order valence-corrected chi connectivity index (χ2v) is 5.58. The van der Waals surface area contributed by atoms with Gasteiger partial charge in [0.25, 0.3) is 0 Å². The molecule has 3 unspecified atom stereocenters. The summed E-state index contributed by atoms with van der Waals surface area (Å²) in [5.74, 6) is 1.53. The molecule has 1 aliphatic rings. The lowest BCUT2D eigenvalue weighted by molar-refractivity contribution is 0.182. The summed E-state index contributed by atoms with van der Waals surface area (Å²) in [4.78, 5) is 4.31. The number of nitrogens with two attached hydrogens (primary N) is 1. The van der Waals surface area contributed by atoms with E-state index in [2.05, 4.69) is 30.3 Å². The molecule has 1 aromatic rings. The molecule has 4 atom stereocenters. The summed E-state index contributed by atoms with van der Waals surface area (Å²) in [5, 5.41) is 0. The Bertz CT molecular complexity index is 358. The van der Waals surface area contributed by atoms with Crippen LogP contribution in [0.3, 0.4) is 0 Å². The van der Waals surface area contributed by atoms with E-state index >= 15 is 0 Å². The lowest BCUT2D eigenvalue weighted by atomic mass is 9.78. The van der Waals surface area contributed by atoms with E-state index < -0.39 is 0 Å². The predicted octanol–water partition coefficient (Wildman–Crippen LogP) is 3.29. The summed E-state index contributed by atoms with van der Waals surface area (Å²) in [5.41, 5.74) is 7.37. The monoisotopic (exact) mass is 235 g/mol. The smallest absolute Gasteiger partial charge is 0.0951 e. The van der Waals surface area contributed by atoms with Crippen LogP contribution >= 0.6 is 0 Å². The van der Waals surface area contributed by atoms with Gasteiger partial charge in [-0.05, 0) is 24.7 Å². The Hall–Kier alpha value is -0.830. The molecule has 1 aliphatic carbocycles. The van der Waals surface area contributed by atoms with E-state index in [0.717, 1.165) is 18.3 Å². The van der Waals surface area contributed by atoms with Crippen molar-refractivity contribution in [3.05, 3.63) is 18.2 Å². The Balaban J connectivity index is 2.24. The summed E-state index contributed by atoms with van der Waals surface area (Å²) in [7, 11) is 0. The highest BCUT2D eigenvalue weighted by Crippen LogP contribution is 2.38. The molecule has 3 heteroatoms. The van der Waals surface area contributed by atoms with Crippen LogP contribution in [-0.2, 0) is 0 Å². The first-order chi connectivity index (χ1) is 8.15. The molecular formula is C14H25N3. The Labute approximate surface area is 104 Å². The van der Waals surface area contributed by atoms with Gasteiger partial charge < -0.3 is 10.3 Å². The Morgan fingerprint density at radius 1 is 1.47 bits per heavy atom. The number of aromatic nitrogens is 2. The molecule has 1 heterocycles. The summed E-state index contributed by atoms with van der Waals surface area (Å²) in [6, 6.07) is 0.718. The van der Waals surface area contributed by atoms with Gasteiger partial charge in [-0.3, -0.25) is 0 Å². The van der Waals surface area contributed by atoms with Crippen molar-refractivity contribution in [3.8, 4) is 0 Å². The van der Waals surface area contributed by atoms with Crippen LogP contribution in [0.1, 0.15) is 64.2 Å². The zero-order valence-electron chi connectivity index (χ0n) is 11.3. The lowest BCUT2D eigenvalue weighted by Gasteiger charge is -2.36. The van der Waals surface area contributed by atoms with Crippen molar-refractivity contribution in [1.29, 1.82) is 0 Å². The highest BCUT2D eigenvalue weighted by atomic mass is 15.1. The Morgan fingerprint density at radius 3 is 2.94 bits per heavy atom. The lowest BCUT2D eigenvalue weighted by Crippen LogP contribution is -2.29. The van der Waals surface area contributed by atoms with E-state index in [9.17, 15) is 0 Å². The van der Waals surface area contributed by atoms with Crippen LogP contribution in [0, 0.1) is 11.8 Å². The van der Waals surface area contributed by atoms with Gasteiger partial charge in [0, 0.05) is 18.3 Å². The van der Waals surface area contributed by atoms with Crippen molar-refractivity contribution >= 4 is 0 Å². The molecule has 0 aromatic carbocycles. The van der Waals surface area contributed by atoms with Gasteiger partial charge in [-0.2, -0.15) is 0 Å². The first-order valence-corrected chi connectivity index (χ1v) is 6.92. The molecule has 0 amide bonds. The van der Waals surface area contributed by atoms with Gasteiger partial charge in [-0.15, -0.1) is 0 Å². The minimum absolute atomic E-state index is 0.127. The van der Waals surface area contributed by atoms with Gasteiger partial charge in [0.15, 0.2) is 0 Å². The Morgan fingerprint density at radius 2 is 2.24 bits per heavy atom. The van der Waals surface area contributed by atoms with Gasteiger partial charge in [0.1, 0.15) is 0 Å². The fourth-order valence-electron chi connectivity index (χ4n) is 3.03. The molecule has 1 fully saturated rings. The normalized spacial score (nSPS) is 31.4. The predicted molar refractivity (Wildman–Crippen MR) is 70.7 cm³/mol. The van der Waals surface area contributed by atoms with Crippen LogP contribution in [0.25, 0.3) is 0 Å². The number of hydrogen-bond donors (Lipinski definition) is 1. The largest absolute Gasteiger partial charge is 0.330 e. The third kappa shape index (κ3) is 2.39. The topological polar surface area (TPSA) is 43.8 Å². The standard InChI is InChI=1S/C14H25N3/c1-4-12(15)14-8-16-9-17(14)13-7-5-6-10(2)11(13)3/h8-13H,4-7,15H2,1-3H3/t10?,11?,12-,13?/m1/s1. The van der Waals surface area contributed by atoms with Gasteiger partial charge in [-0.1, -0.05) is 33.6 Å². The number of rotatable bonds is 3. The molecule has 96 valence electrons. The zero-order chi connectivity index (χ0) is 12.4. The molecule has 3 nitrogen and oxygen atoms in total. The van der Waals surface area contributed by atoms with E-state index in [1.807, 2.05) is 12.5 Å². The second kappa shape index (κ2) is 5.21. The quantitative estimate of drug-likeness (QED) is 0.873. The van der Waals surface area contributed by atoms with Crippen molar-refractivity contribution in [3.63, 3.8) is 0 Å². The maximum absolute atomic E-state index is 6.17. The molecule has 2 rings (SSSR count). The number of nitrogens with zero attached hydrogens (tertiary/aromatic N) is 2. The van der Waals surface area contributed by atoms with Crippen LogP contribution in [0.4, 0.5) is 0 Å². The first-order valence-electron chi connectivity index (χ1n) is 6.92. The average molecular weight is 235 g/mol. The summed E-state index contributed by atoms with van der Waals surface area (Å²) in [6.45, 7) is 6.87. The zero-order valence-corrected chi connectivity index (χ0v) is 11.3. The summed E-state index contributed by atoms with van der Waals surface area (Å²) in [6.07, 6.45) is 8.86. The van der Waals surface area contributed by atoms with Gasteiger partial charge >= 0.3 is 0 Å². The number of hydrogen-bond acceptors (Lipinski definition) is 2. The molecule has 1 aromatic heterocycles. The van der Waals surface area contributed by atoms with E-state index in [0.29, 0.717) is 6.04 Å².